The Kier molecular flexibility index (Phi) is 6.21. The molecule has 1 aromatic carbocycles. The van der Waals surface area contributed by atoms with Gasteiger partial charge in [0.25, 0.3) is 5.91 Å². The molecular weight excluding hydrogens is 396 g/mol. The minimum atomic E-state index is -1.05. The maximum Gasteiger partial charge on any atom is 0.272 e. The van der Waals surface area contributed by atoms with Crippen LogP contribution in [0.1, 0.15) is 29.8 Å². The zero-order valence-electron chi connectivity index (χ0n) is 16.4. The molecule has 0 radical (unpaired) electrons. The number of halogens is 2. The summed E-state index contributed by atoms with van der Waals surface area (Å²) in [5, 5.41) is 17.2. The van der Waals surface area contributed by atoms with Gasteiger partial charge in [0, 0.05) is 24.5 Å². The van der Waals surface area contributed by atoms with Crippen LogP contribution in [0.3, 0.4) is 0 Å². The molecule has 0 saturated carbocycles. The SMILES string of the molecule is CC(C)(O)Cn1cc(NNC(=O)c2cncnc2)c(NCc2c(F)cccc2F)n1. The van der Waals surface area contributed by atoms with Gasteiger partial charge in [-0.1, -0.05) is 6.07 Å². The van der Waals surface area contributed by atoms with E-state index in [1.165, 1.54) is 29.5 Å². The number of hydrazine groups is 1. The number of aliphatic hydroxyl groups is 1. The molecule has 0 aliphatic heterocycles. The minimum Gasteiger partial charge on any atom is -0.389 e. The molecule has 0 unspecified atom stereocenters. The quantitative estimate of drug-likeness (QED) is 0.415. The molecule has 2 aromatic heterocycles. The molecule has 1 amide bonds. The van der Waals surface area contributed by atoms with Crippen molar-refractivity contribution in [3.05, 3.63) is 65.9 Å². The van der Waals surface area contributed by atoms with Gasteiger partial charge in [0.1, 0.15) is 23.6 Å². The number of aromatic nitrogens is 4. The molecule has 3 aromatic rings. The Labute approximate surface area is 171 Å². The molecule has 11 heteroatoms. The van der Waals surface area contributed by atoms with E-state index in [4.69, 9.17) is 0 Å². The fourth-order valence-corrected chi connectivity index (χ4v) is 2.61. The Hall–Kier alpha value is -3.60. The Bertz CT molecular complexity index is 999. The zero-order valence-corrected chi connectivity index (χ0v) is 16.4. The summed E-state index contributed by atoms with van der Waals surface area (Å²) in [5.41, 5.74) is 4.56. The highest BCUT2D eigenvalue weighted by molar-refractivity contribution is 5.94. The number of hydrogen-bond donors (Lipinski definition) is 4. The van der Waals surface area contributed by atoms with E-state index < -0.39 is 23.1 Å². The van der Waals surface area contributed by atoms with Crippen LogP contribution in [0.15, 0.2) is 43.1 Å². The molecule has 4 N–H and O–H groups in total. The molecule has 0 aliphatic carbocycles. The molecular formula is C19H21F2N7O2. The lowest BCUT2D eigenvalue weighted by molar-refractivity contribution is 0.0578. The monoisotopic (exact) mass is 417 g/mol. The highest BCUT2D eigenvalue weighted by Gasteiger charge is 2.18. The van der Waals surface area contributed by atoms with E-state index in [1.54, 1.807) is 20.0 Å². The van der Waals surface area contributed by atoms with Gasteiger partial charge < -0.3 is 10.4 Å². The number of benzene rings is 1. The number of carbonyl (C=O) groups is 1. The van der Waals surface area contributed by atoms with Crippen LogP contribution in [0.5, 0.6) is 0 Å². The van der Waals surface area contributed by atoms with Crippen molar-refractivity contribution in [1.29, 1.82) is 0 Å². The smallest absolute Gasteiger partial charge is 0.272 e. The van der Waals surface area contributed by atoms with Gasteiger partial charge in [-0.15, -0.1) is 0 Å². The Morgan fingerprint density at radius 2 is 1.87 bits per heavy atom. The molecule has 158 valence electrons. The molecule has 0 aliphatic rings. The van der Waals surface area contributed by atoms with E-state index in [-0.39, 0.29) is 30.0 Å². The number of nitrogens with zero attached hydrogens (tertiary/aromatic N) is 4. The molecule has 0 atom stereocenters. The summed E-state index contributed by atoms with van der Waals surface area (Å²) < 4.78 is 29.2. The fourth-order valence-electron chi connectivity index (χ4n) is 2.61. The number of rotatable bonds is 8. The molecule has 0 bridgehead atoms. The summed E-state index contributed by atoms with van der Waals surface area (Å²) in [6.07, 6.45) is 5.54. The molecule has 0 fully saturated rings. The normalized spacial score (nSPS) is 11.2. The third kappa shape index (κ3) is 5.47. The summed E-state index contributed by atoms with van der Waals surface area (Å²) >= 11 is 0. The second-order valence-corrected chi connectivity index (χ2v) is 7.16. The number of nitrogens with one attached hydrogen (secondary N) is 3. The van der Waals surface area contributed by atoms with E-state index >= 15 is 0 Å². The summed E-state index contributed by atoms with van der Waals surface area (Å²) in [6, 6.07) is 3.60. The van der Waals surface area contributed by atoms with Crippen LogP contribution in [0.25, 0.3) is 0 Å². The molecule has 0 spiro atoms. The first-order valence-electron chi connectivity index (χ1n) is 9.01. The summed E-state index contributed by atoms with van der Waals surface area (Å²) in [5.74, 6) is -1.64. The molecule has 3 rings (SSSR count). The summed E-state index contributed by atoms with van der Waals surface area (Å²) in [7, 11) is 0. The topological polar surface area (TPSA) is 117 Å². The van der Waals surface area contributed by atoms with E-state index in [0.29, 0.717) is 5.69 Å². The van der Waals surface area contributed by atoms with Crippen LogP contribution >= 0.6 is 0 Å². The van der Waals surface area contributed by atoms with E-state index in [9.17, 15) is 18.7 Å². The van der Waals surface area contributed by atoms with Gasteiger partial charge in [0.15, 0.2) is 5.82 Å². The third-order valence-electron chi connectivity index (χ3n) is 3.94. The van der Waals surface area contributed by atoms with Crippen LogP contribution in [-0.4, -0.2) is 36.4 Å². The molecule has 9 nitrogen and oxygen atoms in total. The Morgan fingerprint density at radius 3 is 2.50 bits per heavy atom. The summed E-state index contributed by atoms with van der Waals surface area (Å²) in [6.45, 7) is 3.20. The van der Waals surface area contributed by atoms with Crippen LogP contribution in [0, 0.1) is 11.6 Å². The van der Waals surface area contributed by atoms with Crippen molar-refractivity contribution in [3.63, 3.8) is 0 Å². The van der Waals surface area contributed by atoms with Crippen molar-refractivity contribution in [1.82, 2.24) is 25.2 Å². The zero-order chi connectivity index (χ0) is 21.7. The van der Waals surface area contributed by atoms with E-state index in [0.717, 1.165) is 12.1 Å². The number of hydrogen-bond acceptors (Lipinski definition) is 7. The second-order valence-electron chi connectivity index (χ2n) is 7.16. The predicted octanol–water partition coefficient (Wildman–Crippen LogP) is 2.09. The van der Waals surface area contributed by atoms with Gasteiger partial charge in [-0.2, -0.15) is 5.10 Å². The van der Waals surface area contributed by atoms with Gasteiger partial charge >= 0.3 is 0 Å². The average Bonchev–Trinajstić information content (AvgIpc) is 3.06. The van der Waals surface area contributed by atoms with Gasteiger partial charge in [0.2, 0.25) is 0 Å². The van der Waals surface area contributed by atoms with Gasteiger partial charge in [-0.05, 0) is 26.0 Å². The Balaban J connectivity index is 1.77. The first kappa shape index (κ1) is 21.1. The number of anilines is 2. The van der Waals surface area contributed by atoms with Crippen LogP contribution in [0.4, 0.5) is 20.3 Å². The predicted molar refractivity (Wildman–Crippen MR) is 105 cm³/mol. The van der Waals surface area contributed by atoms with E-state index in [1.807, 2.05) is 0 Å². The number of amides is 1. The standard InChI is InChI=1S/C19H21F2N7O2/c1-19(2,30)10-28-9-16(25-26-18(29)12-6-22-11-23-7-12)17(27-28)24-8-13-14(20)4-3-5-15(13)21/h3-7,9,11,25,30H,8,10H2,1-2H3,(H,24,27)(H,26,29). The third-order valence-corrected chi connectivity index (χ3v) is 3.94. The summed E-state index contributed by atoms with van der Waals surface area (Å²) in [4.78, 5) is 19.7. The Morgan fingerprint density at radius 1 is 1.20 bits per heavy atom. The van der Waals surface area contributed by atoms with E-state index in [2.05, 4.69) is 31.2 Å². The minimum absolute atomic E-state index is 0.147. The highest BCUT2D eigenvalue weighted by atomic mass is 19.1. The van der Waals surface area contributed by atoms with Crippen molar-refractivity contribution in [2.75, 3.05) is 10.7 Å². The van der Waals surface area contributed by atoms with Crippen molar-refractivity contribution < 1.29 is 18.7 Å². The van der Waals surface area contributed by atoms with Gasteiger partial charge in [-0.3, -0.25) is 20.3 Å². The maximum absolute atomic E-state index is 13.9. The number of carbonyl (C=O) groups excluding carboxylic acids is 1. The first-order chi connectivity index (χ1) is 14.2. The largest absolute Gasteiger partial charge is 0.389 e. The molecule has 30 heavy (non-hydrogen) atoms. The lowest BCUT2D eigenvalue weighted by Gasteiger charge is -2.16. The fraction of sp³-hybridized carbons (Fsp3) is 0.263. The lowest BCUT2D eigenvalue weighted by Crippen LogP contribution is -2.29. The van der Waals surface area contributed by atoms with Crippen molar-refractivity contribution in [2.45, 2.75) is 32.5 Å². The molecule has 2 heterocycles. The van der Waals surface area contributed by atoms with Crippen LogP contribution < -0.4 is 16.2 Å². The van der Waals surface area contributed by atoms with Crippen molar-refractivity contribution >= 4 is 17.4 Å². The van der Waals surface area contributed by atoms with Crippen LogP contribution in [0.2, 0.25) is 0 Å². The molecule has 0 saturated heterocycles. The second kappa shape index (κ2) is 8.82. The van der Waals surface area contributed by atoms with Crippen LogP contribution in [-0.2, 0) is 13.1 Å². The highest BCUT2D eigenvalue weighted by Crippen LogP contribution is 2.22. The van der Waals surface area contributed by atoms with Crippen molar-refractivity contribution in [3.8, 4) is 0 Å². The first-order valence-corrected chi connectivity index (χ1v) is 9.01. The maximum atomic E-state index is 13.9. The van der Waals surface area contributed by atoms with Gasteiger partial charge in [-0.25, -0.2) is 18.7 Å². The average molecular weight is 417 g/mol. The lowest BCUT2D eigenvalue weighted by atomic mass is 10.1. The van der Waals surface area contributed by atoms with Gasteiger partial charge in [0.05, 0.1) is 23.9 Å². The van der Waals surface area contributed by atoms with Crippen molar-refractivity contribution in [2.24, 2.45) is 0 Å².